The minimum Gasteiger partial charge on any atom is -0.507 e. The summed E-state index contributed by atoms with van der Waals surface area (Å²) in [6.07, 6.45) is 1.84. The monoisotopic (exact) mass is 578 g/mol. The van der Waals surface area contributed by atoms with Gasteiger partial charge < -0.3 is 14.2 Å². The normalized spacial score (nSPS) is 11.6. The number of phenolic OH excluding ortho intramolecular Hbond substituents is 1. The van der Waals surface area contributed by atoms with Crippen molar-refractivity contribution in [3.63, 3.8) is 0 Å². The van der Waals surface area contributed by atoms with Gasteiger partial charge in [-0.05, 0) is 84.9 Å². The standard InChI is InChI=1S/C40H26N4O/c45-37-17-8-7-15-29(37)32-19-21-36-40(42-32)39-35(44(36)28-13-5-2-6-14-28)23-22-34-38(39)30-25-26(31-16-9-10-24-41-31)18-20-33(30)43(34)27-11-3-1-4-12-27/h1-25,45H. The number of hydrogen-bond acceptors (Lipinski definition) is 3. The molecular weight excluding hydrogens is 552 g/mol. The molecule has 0 spiro atoms. The van der Waals surface area contributed by atoms with Crippen LogP contribution < -0.4 is 0 Å². The molecule has 9 rings (SSSR count). The third kappa shape index (κ3) is 3.88. The first-order chi connectivity index (χ1) is 22.3. The Morgan fingerprint density at radius 3 is 1.82 bits per heavy atom. The average Bonchev–Trinajstić information content (AvgIpc) is 3.61. The number of rotatable bonds is 4. The molecule has 45 heavy (non-hydrogen) atoms. The highest BCUT2D eigenvalue weighted by molar-refractivity contribution is 6.28. The first kappa shape index (κ1) is 25.3. The van der Waals surface area contributed by atoms with Gasteiger partial charge in [0.1, 0.15) is 5.75 Å². The molecular formula is C40H26N4O. The van der Waals surface area contributed by atoms with Crippen LogP contribution in [-0.4, -0.2) is 24.2 Å². The molecule has 212 valence electrons. The van der Waals surface area contributed by atoms with E-state index in [9.17, 15) is 5.11 Å². The molecule has 0 aliphatic heterocycles. The first-order valence-corrected chi connectivity index (χ1v) is 15.0. The van der Waals surface area contributed by atoms with Gasteiger partial charge in [0.05, 0.1) is 39.0 Å². The average molecular weight is 579 g/mol. The van der Waals surface area contributed by atoms with Gasteiger partial charge in [-0.3, -0.25) is 4.98 Å². The predicted molar refractivity (Wildman–Crippen MR) is 183 cm³/mol. The third-order valence-corrected chi connectivity index (χ3v) is 8.67. The van der Waals surface area contributed by atoms with Crippen molar-refractivity contribution >= 4 is 43.7 Å². The van der Waals surface area contributed by atoms with Crippen molar-refractivity contribution in [3.8, 4) is 39.6 Å². The fourth-order valence-corrected chi connectivity index (χ4v) is 6.72. The third-order valence-electron chi connectivity index (χ3n) is 8.67. The molecule has 0 saturated heterocycles. The molecule has 0 atom stereocenters. The Morgan fingerprint density at radius 1 is 0.489 bits per heavy atom. The highest BCUT2D eigenvalue weighted by atomic mass is 16.3. The fourth-order valence-electron chi connectivity index (χ4n) is 6.72. The van der Waals surface area contributed by atoms with Crippen molar-refractivity contribution in [2.45, 2.75) is 0 Å². The topological polar surface area (TPSA) is 55.9 Å². The van der Waals surface area contributed by atoms with Crippen LogP contribution >= 0.6 is 0 Å². The zero-order chi connectivity index (χ0) is 29.9. The van der Waals surface area contributed by atoms with E-state index in [0.717, 1.165) is 72.1 Å². The Balaban J connectivity index is 1.48. The fraction of sp³-hybridized carbons (Fsp3) is 0. The van der Waals surface area contributed by atoms with Gasteiger partial charge in [-0.2, -0.15) is 0 Å². The number of pyridine rings is 2. The van der Waals surface area contributed by atoms with E-state index in [4.69, 9.17) is 4.98 Å². The van der Waals surface area contributed by atoms with Crippen molar-refractivity contribution in [1.29, 1.82) is 0 Å². The van der Waals surface area contributed by atoms with Gasteiger partial charge in [0, 0.05) is 44.9 Å². The van der Waals surface area contributed by atoms with Gasteiger partial charge in [-0.25, -0.2) is 4.98 Å². The summed E-state index contributed by atoms with van der Waals surface area (Å²) < 4.78 is 4.63. The lowest BCUT2D eigenvalue weighted by molar-refractivity contribution is 0.477. The minimum atomic E-state index is 0.210. The molecule has 1 N–H and O–H groups in total. The molecule has 0 aliphatic rings. The molecule has 0 bridgehead atoms. The molecule has 0 aliphatic carbocycles. The molecule has 5 heteroatoms. The molecule has 5 aromatic carbocycles. The Labute approximate surface area is 258 Å². The van der Waals surface area contributed by atoms with Gasteiger partial charge in [0.25, 0.3) is 0 Å². The molecule has 0 fully saturated rings. The number of benzene rings is 5. The first-order valence-electron chi connectivity index (χ1n) is 15.0. The Hall–Kier alpha value is -6.20. The molecule has 0 unspecified atom stereocenters. The second kappa shape index (κ2) is 9.93. The summed E-state index contributed by atoms with van der Waals surface area (Å²) in [5, 5.41) is 14.1. The van der Waals surface area contributed by atoms with Gasteiger partial charge in [0.15, 0.2) is 0 Å². The van der Waals surface area contributed by atoms with Crippen LogP contribution in [0.25, 0.3) is 77.6 Å². The van der Waals surface area contributed by atoms with Crippen molar-refractivity contribution < 1.29 is 5.11 Å². The Morgan fingerprint density at radius 2 is 1.11 bits per heavy atom. The van der Waals surface area contributed by atoms with Crippen molar-refractivity contribution in [3.05, 3.63) is 152 Å². The van der Waals surface area contributed by atoms with Gasteiger partial charge in [0.2, 0.25) is 0 Å². The van der Waals surface area contributed by atoms with E-state index >= 15 is 0 Å². The molecule has 5 nitrogen and oxygen atoms in total. The second-order valence-corrected chi connectivity index (χ2v) is 11.2. The smallest absolute Gasteiger partial charge is 0.124 e. The maximum absolute atomic E-state index is 10.8. The molecule has 4 heterocycles. The summed E-state index contributed by atoms with van der Waals surface area (Å²) in [7, 11) is 0. The lowest BCUT2D eigenvalue weighted by Crippen LogP contribution is -1.94. The van der Waals surface area contributed by atoms with Crippen molar-refractivity contribution in [2.75, 3.05) is 0 Å². The summed E-state index contributed by atoms with van der Waals surface area (Å²) in [6, 6.07) is 49.5. The maximum Gasteiger partial charge on any atom is 0.124 e. The van der Waals surface area contributed by atoms with Crippen molar-refractivity contribution in [1.82, 2.24) is 19.1 Å². The summed E-state index contributed by atoms with van der Waals surface area (Å²) >= 11 is 0. The van der Waals surface area contributed by atoms with E-state index in [1.165, 1.54) is 0 Å². The largest absolute Gasteiger partial charge is 0.507 e. The molecule has 9 aromatic rings. The van der Waals surface area contributed by atoms with E-state index in [2.05, 4.69) is 105 Å². The van der Waals surface area contributed by atoms with Crippen molar-refractivity contribution in [2.24, 2.45) is 0 Å². The van der Waals surface area contributed by atoms with Gasteiger partial charge in [-0.15, -0.1) is 0 Å². The quantitative estimate of drug-likeness (QED) is 0.226. The summed E-state index contributed by atoms with van der Waals surface area (Å²) in [4.78, 5) is 9.96. The lowest BCUT2D eigenvalue weighted by Gasteiger charge is -2.09. The number of hydrogen-bond donors (Lipinski definition) is 1. The highest BCUT2D eigenvalue weighted by Crippen LogP contribution is 2.43. The molecule has 0 amide bonds. The minimum absolute atomic E-state index is 0.210. The summed E-state index contributed by atoms with van der Waals surface area (Å²) in [5.74, 6) is 0.210. The summed E-state index contributed by atoms with van der Waals surface area (Å²) in [6.45, 7) is 0. The Kier molecular flexibility index (Phi) is 5.59. The maximum atomic E-state index is 10.8. The molecule has 4 aromatic heterocycles. The number of aromatic nitrogens is 4. The number of para-hydroxylation sites is 3. The highest BCUT2D eigenvalue weighted by Gasteiger charge is 2.22. The van der Waals surface area contributed by atoms with E-state index < -0.39 is 0 Å². The van der Waals surface area contributed by atoms with Crippen LogP contribution in [0.5, 0.6) is 5.75 Å². The van der Waals surface area contributed by atoms with Crippen LogP contribution in [0.3, 0.4) is 0 Å². The number of nitrogens with zero attached hydrogens (tertiary/aromatic N) is 4. The SMILES string of the molecule is Oc1ccccc1-c1ccc2c(n1)c1c3c4cc(-c5ccccn5)ccc4n(-c4ccccc4)c3ccc1n2-c1ccccc1. The predicted octanol–water partition coefficient (Wildman–Crippen LogP) is 9.71. The van der Waals surface area contributed by atoms with Crippen LogP contribution in [0.4, 0.5) is 0 Å². The van der Waals surface area contributed by atoms with Crippen LogP contribution in [-0.2, 0) is 0 Å². The van der Waals surface area contributed by atoms with E-state index in [1.807, 2.05) is 54.7 Å². The van der Waals surface area contributed by atoms with E-state index in [-0.39, 0.29) is 5.75 Å². The number of aromatic hydroxyl groups is 1. The Bertz CT molecular complexity index is 2530. The van der Waals surface area contributed by atoms with Gasteiger partial charge in [-0.1, -0.05) is 60.7 Å². The molecule has 0 radical (unpaired) electrons. The number of fused-ring (bicyclic) bond motifs is 7. The lowest BCUT2D eigenvalue weighted by atomic mass is 10.0. The van der Waals surface area contributed by atoms with Crippen LogP contribution in [0, 0.1) is 0 Å². The van der Waals surface area contributed by atoms with Crippen LogP contribution in [0.1, 0.15) is 0 Å². The van der Waals surface area contributed by atoms with Crippen LogP contribution in [0.15, 0.2) is 152 Å². The summed E-state index contributed by atoms with van der Waals surface area (Å²) in [5.41, 5.74) is 10.8. The van der Waals surface area contributed by atoms with E-state index in [0.29, 0.717) is 5.56 Å². The zero-order valence-corrected chi connectivity index (χ0v) is 24.2. The van der Waals surface area contributed by atoms with E-state index in [1.54, 1.807) is 6.07 Å². The second-order valence-electron chi connectivity index (χ2n) is 11.2. The van der Waals surface area contributed by atoms with Crippen LogP contribution in [0.2, 0.25) is 0 Å². The van der Waals surface area contributed by atoms with Gasteiger partial charge >= 0.3 is 0 Å². The zero-order valence-electron chi connectivity index (χ0n) is 24.2. The number of phenols is 1. The molecule has 0 saturated carbocycles.